The molecule has 0 aliphatic carbocycles. The smallest absolute Gasteiger partial charge is 0.313 e. The number of rotatable bonds is 11. The van der Waals surface area contributed by atoms with Gasteiger partial charge in [0.25, 0.3) is 0 Å². The van der Waals surface area contributed by atoms with Crippen molar-refractivity contribution in [3.63, 3.8) is 0 Å². The number of nitrogens with one attached hydrogen (secondary N) is 1. The first-order valence-corrected chi connectivity index (χ1v) is 9.95. The molecule has 0 aromatic heterocycles. The molecule has 2 aromatic rings. The van der Waals surface area contributed by atoms with Gasteiger partial charge in [0.15, 0.2) is 0 Å². The van der Waals surface area contributed by atoms with Crippen LogP contribution in [0.15, 0.2) is 42.5 Å². The van der Waals surface area contributed by atoms with Crippen molar-refractivity contribution in [1.29, 1.82) is 0 Å². The highest BCUT2D eigenvalue weighted by atomic mass is 31.1. The maximum absolute atomic E-state index is 11.7. The fraction of sp³-hybridized carbons (Fsp3) is 0.474. The maximum Gasteiger partial charge on any atom is 0.573 e. The van der Waals surface area contributed by atoms with E-state index >= 15 is 0 Å². The second kappa shape index (κ2) is 9.95. The lowest BCUT2D eigenvalue weighted by Crippen LogP contribution is -2.33. The lowest BCUT2D eigenvalue weighted by Gasteiger charge is -2.20. The molecule has 0 heterocycles. The van der Waals surface area contributed by atoms with E-state index in [1.807, 2.05) is 12.1 Å². The Bertz CT molecular complexity index is 681. The Labute approximate surface area is 150 Å². The van der Waals surface area contributed by atoms with Crippen LogP contribution in [-0.4, -0.2) is 30.2 Å². The summed E-state index contributed by atoms with van der Waals surface area (Å²) in [5, 5.41) is 5.87. The summed E-state index contributed by atoms with van der Waals surface area (Å²) in [6, 6.07) is 14.6. The van der Waals surface area contributed by atoms with E-state index in [9.17, 15) is 9.46 Å². The van der Waals surface area contributed by atoms with Crippen LogP contribution in [0.4, 0.5) is 0 Å². The Hall–Kier alpha value is -1.36. The summed E-state index contributed by atoms with van der Waals surface area (Å²) in [7, 11) is -2.57. The monoisotopic (exact) mass is 364 g/mol. The number of fused-ring (bicyclic) bond motifs is 1. The predicted octanol–water partition coefficient (Wildman–Crippen LogP) is 4.17. The van der Waals surface area contributed by atoms with Gasteiger partial charge in [-0.05, 0) is 47.7 Å². The Morgan fingerprint density at radius 3 is 2.44 bits per heavy atom. The summed E-state index contributed by atoms with van der Waals surface area (Å²) >= 11 is 0. The highest BCUT2D eigenvalue weighted by Gasteiger charge is 2.51. The van der Waals surface area contributed by atoms with Crippen LogP contribution in [0.3, 0.4) is 0 Å². The number of benzene rings is 2. The van der Waals surface area contributed by atoms with Gasteiger partial charge >= 0.3 is 13.6 Å². The zero-order valence-corrected chi connectivity index (χ0v) is 15.8. The summed E-state index contributed by atoms with van der Waals surface area (Å²) in [6.45, 7) is 5.74. The molecule has 136 valence electrons. The molecule has 6 heteroatoms. The minimum absolute atomic E-state index is 0.338. The van der Waals surface area contributed by atoms with Crippen LogP contribution in [0.25, 0.3) is 10.8 Å². The average Bonchev–Trinajstić information content (AvgIpc) is 2.61. The minimum atomic E-state index is -2.57. The largest absolute Gasteiger partial charge is 0.573 e. The molecule has 0 amide bonds. The molecule has 2 aromatic carbocycles. The van der Waals surface area contributed by atoms with Gasteiger partial charge in [0, 0.05) is 6.54 Å². The van der Waals surface area contributed by atoms with E-state index in [0.717, 1.165) is 6.54 Å². The van der Waals surface area contributed by atoms with Crippen LogP contribution in [0.2, 0.25) is 0 Å². The Balaban J connectivity index is 1.88. The molecule has 0 spiro atoms. The Morgan fingerprint density at radius 2 is 1.76 bits per heavy atom. The van der Waals surface area contributed by atoms with Gasteiger partial charge in [-0.15, -0.1) is 0 Å². The second-order valence-corrected chi connectivity index (χ2v) is 7.00. The summed E-state index contributed by atoms with van der Waals surface area (Å²) in [5.74, 6) is 0. The molecule has 5 nitrogen and oxygen atoms in total. The van der Waals surface area contributed by atoms with Crippen molar-refractivity contribution in [2.24, 2.45) is 0 Å². The first-order chi connectivity index (χ1) is 12.1. The Kier molecular flexibility index (Phi) is 7.94. The standard InChI is InChI=1S/C19H26NO4P/c1-3-23-19(24-4-2,25(21)22)13-8-14-20-15-17-11-7-10-16-9-5-6-12-18(16)17/h5-7,9-12,20H,3-4,8,13-15H2,1-2H3/p+1. The fourth-order valence-corrected chi connectivity index (χ4v) is 3.78. The molecule has 0 saturated heterocycles. The number of ether oxygens (including phenoxy) is 2. The molecular formula is C19H27NO4P+. The van der Waals surface area contributed by atoms with Crippen molar-refractivity contribution >= 4 is 18.8 Å². The lowest BCUT2D eigenvalue weighted by atomic mass is 10.0. The van der Waals surface area contributed by atoms with Crippen molar-refractivity contribution < 1.29 is 18.9 Å². The van der Waals surface area contributed by atoms with Gasteiger partial charge in [-0.1, -0.05) is 42.5 Å². The summed E-state index contributed by atoms with van der Waals surface area (Å²) < 4.78 is 22.7. The molecule has 0 fully saturated rings. The predicted molar refractivity (Wildman–Crippen MR) is 101 cm³/mol. The third-order valence-corrected chi connectivity index (χ3v) is 5.14. The van der Waals surface area contributed by atoms with Crippen molar-refractivity contribution in [1.82, 2.24) is 5.32 Å². The van der Waals surface area contributed by atoms with Crippen LogP contribution in [-0.2, 0) is 20.6 Å². The highest BCUT2D eigenvalue weighted by molar-refractivity contribution is 7.39. The maximum atomic E-state index is 11.7. The summed E-state index contributed by atoms with van der Waals surface area (Å²) in [4.78, 5) is 9.62. The SMILES string of the molecule is CCOC(CCCNCc1cccc2ccccc12)(OCC)[P+](=O)O. The first kappa shape index (κ1) is 20.0. The van der Waals surface area contributed by atoms with Crippen LogP contribution in [0.1, 0.15) is 32.3 Å². The molecule has 0 bridgehead atoms. The first-order valence-electron chi connectivity index (χ1n) is 8.74. The highest BCUT2D eigenvalue weighted by Crippen LogP contribution is 2.41. The van der Waals surface area contributed by atoms with E-state index in [0.29, 0.717) is 32.6 Å². The molecular weight excluding hydrogens is 337 g/mol. The second-order valence-electron chi connectivity index (χ2n) is 5.77. The molecule has 1 unspecified atom stereocenters. The molecule has 0 aliphatic rings. The van der Waals surface area contributed by atoms with Gasteiger partial charge < -0.3 is 14.8 Å². The minimum Gasteiger partial charge on any atom is -0.313 e. The molecule has 2 rings (SSSR count). The van der Waals surface area contributed by atoms with Crippen LogP contribution in [0, 0.1) is 0 Å². The normalized spacial score (nSPS) is 12.5. The topological polar surface area (TPSA) is 67.8 Å². The van der Waals surface area contributed by atoms with E-state index in [4.69, 9.17) is 9.47 Å². The molecule has 25 heavy (non-hydrogen) atoms. The van der Waals surface area contributed by atoms with Gasteiger partial charge in [0.2, 0.25) is 0 Å². The van der Waals surface area contributed by atoms with Crippen molar-refractivity contribution in [2.45, 2.75) is 38.8 Å². The number of hydrogen-bond acceptors (Lipinski definition) is 4. The van der Waals surface area contributed by atoms with Crippen LogP contribution >= 0.6 is 8.03 Å². The van der Waals surface area contributed by atoms with E-state index < -0.39 is 13.6 Å². The van der Waals surface area contributed by atoms with E-state index in [2.05, 4.69) is 35.6 Å². The zero-order valence-electron chi connectivity index (χ0n) is 14.9. The third-order valence-electron chi connectivity index (χ3n) is 4.07. The van der Waals surface area contributed by atoms with Crippen LogP contribution in [0.5, 0.6) is 0 Å². The number of hydrogen-bond donors (Lipinski definition) is 2. The Morgan fingerprint density at radius 1 is 1.08 bits per heavy atom. The van der Waals surface area contributed by atoms with Gasteiger partial charge in [-0.2, -0.15) is 4.89 Å². The van der Waals surface area contributed by atoms with Gasteiger partial charge in [0.1, 0.15) is 0 Å². The fourth-order valence-electron chi connectivity index (χ4n) is 2.95. The van der Waals surface area contributed by atoms with Gasteiger partial charge in [-0.25, -0.2) is 0 Å². The molecule has 0 saturated carbocycles. The molecule has 2 N–H and O–H groups in total. The van der Waals surface area contributed by atoms with Gasteiger partial charge in [0.05, 0.1) is 19.6 Å². The van der Waals surface area contributed by atoms with E-state index in [1.165, 1.54) is 16.3 Å². The quantitative estimate of drug-likeness (QED) is 0.356. The van der Waals surface area contributed by atoms with Crippen molar-refractivity contribution in [2.75, 3.05) is 19.8 Å². The van der Waals surface area contributed by atoms with E-state index in [1.54, 1.807) is 13.8 Å². The lowest BCUT2D eigenvalue weighted by molar-refractivity contribution is -0.180. The average molecular weight is 364 g/mol. The van der Waals surface area contributed by atoms with Crippen molar-refractivity contribution in [3.05, 3.63) is 48.0 Å². The van der Waals surface area contributed by atoms with Crippen molar-refractivity contribution in [3.8, 4) is 0 Å². The molecule has 0 aliphatic heterocycles. The van der Waals surface area contributed by atoms with Gasteiger partial charge in [-0.3, -0.25) is 0 Å². The third kappa shape index (κ3) is 5.30. The van der Waals surface area contributed by atoms with Crippen LogP contribution < -0.4 is 5.32 Å². The summed E-state index contributed by atoms with van der Waals surface area (Å²) in [6.07, 6.45) is 1.06. The molecule has 1 atom stereocenters. The zero-order chi connectivity index (χ0) is 18.1. The summed E-state index contributed by atoms with van der Waals surface area (Å²) in [5.41, 5.74) is -0.146. The van der Waals surface area contributed by atoms with E-state index in [-0.39, 0.29) is 0 Å². The molecule has 0 radical (unpaired) electrons.